The van der Waals surface area contributed by atoms with Crippen molar-refractivity contribution in [2.24, 2.45) is 5.92 Å². The Labute approximate surface area is 107 Å². The molecule has 0 spiro atoms. The number of hydrogen-bond donors (Lipinski definition) is 3. The number of rotatable bonds is 2. The average Bonchev–Trinajstić information content (AvgIpc) is 2.86. The first-order valence-electron chi connectivity index (χ1n) is 6.08. The Kier molecular flexibility index (Phi) is 3.83. The van der Waals surface area contributed by atoms with Gasteiger partial charge in [0.25, 0.3) is 0 Å². The van der Waals surface area contributed by atoms with Crippen LogP contribution in [-0.4, -0.2) is 29.3 Å². The van der Waals surface area contributed by atoms with Crippen molar-refractivity contribution in [2.75, 3.05) is 0 Å². The van der Waals surface area contributed by atoms with Gasteiger partial charge in [-0.15, -0.1) is 0 Å². The first kappa shape index (κ1) is 12.6. The second-order valence-corrected chi connectivity index (χ2v) is 5.37. The molecule has 17 heavy (non-hydrogen) atoms. The molecule has 2 aliphatic heterocycles. The number of nitrogens with one attached hydrogen (secondary N) is 3. The molecule has 2 heterocycles. The summed E-state index contributed by atoms with van der Waals surface area (Å²) < 4.78 is 5.64. The van der Waals surface area contributed by atoms with Gasteiger partial charge in [0.15, 0.2) is 5.11 Å². The molecule has 0 saturated carbocycles. The van der Waals surface area contributed by atoms with E-state index in [9.17, 15) is 4.79 Å². The molecule has 2 fully saturated rings. The number of hydrogen-bond acceptors (Lipinski definition) is 3. The standard InChI is InChI=1S/C11H19N3O2S/c1-6(2)12-11(17)14-13-10(15)8-5-7-3-4-9(8)16-7/h6-9H,3-5H2,1-2H3,(H,13,15)(H2,12,14,17)/t7-,8+,9-/m1/s1. The van der Waals surface area contributed by atoms with Crippen LogP contribution in [0.5, 0.6) is 0 Å². The van der Waals surface area contributed by atoms with Crippen molar-refractivity contribution in [1.29, 1.82) is 0 Å². The van der Waals surface area contributed by atoms with Gasteiger partial charge in [0, 0.05) is 6.04 Å². The number of thiocarbonyl (C=S) groups is 1. The van der Waals surface area contributed by atoms with Gasteiger partial charge in [-0.3, -0.25) is 15.6 Å². The second kappa shape index (κ2) is 5.18. The van der Waals surface area contributed by atoms with Crippen molar-refractivity contribution < 1.29 is 9.53 Å². The molecule has 5 nitrogen and oxygen atoms in total. The molecular formula is C11H19N3O2S. The molecule has 96 valence electrons. The lowest BCUT2D eigenvalue weighted by Gasteiger charge is -2.19. The van der Waals surface area contributed by atoms with Crippen LogP contribution in [0.15, 0.2) is 0 Å². The summed E-state index contributed by atoms with van der Waals surface area (Å²) in [6.07, 6.45) is 3.32. The highest BCUT2D eigenvalue weighted by Gasteiger charge is 2.44. The lowest BCUT2D eigenvalue weighted by molar-refractivity contribution is -0.127. The highest BCUT2D eigenvalue weighted by Crippen LogP contribution is 2.38. The van der Waals surface area contributed by atoms with E-state index < -0.39 is 0 Å². The maximum absolute atomic E-state index is 11.9. The van der Waals surface area contributed by atoms with Crippen LogP contribution < -0.4 is 16.2 Å². The normalized spacial score (nSPS) is 30.4. The summed E-state index contributed by atoms with van der Waals surface area (Å²) in [5.74, 6) is -0.0480. The minimum absolute atomic E-state index is 0.0230. The highest BCUT2D eigenvalue weighted by molar-refractivity contribution is 7.80. The molecule has 3 N–H and O–H groups in total. The third kappa shape index (κ3) is 3.07. The Morgan fingerprint density at radius 2 is 2.12 bits per heavy atom. The summed E-state index contributed by atoms with van der Waals surface area (Å²) in [6.45, 7) is 3.97. The largest absolute Gasteiger partial charge is 0.374 e. The molecule has 0 aromatic carbocycles. The van der Waals surface area contributed by atoms with Crippen LogP contribution in [0.4, 0.5) is 0 Å². The van der Waals surface area contributed by atoms with E-state index in [4.69, 9.17) is 17.0 Å². The maximum atomic E-state index is 11.9. The van der Waals surface area contributed by atoms with Crippen molar-refractivity contribution in [3.05, 3.63) is 0 Å². The molecule has 2 bridgehead atoms. The summed E-state index contributed by atoms with van der Waals surface area (Å²) in [5.41, 5.74) is 5.36. The van der Waals surface area contributed by atoms with E-state index in [0.717, 1.165) is 19.3 Å². The zero-order valence-electron chi connectivity index (χ0n) is 10.2. The fourth-order valence-corrected chi connectivity index (χ4v) is 2.71. The van der Waals surface area contributed by atoms with Crippen LogP contribution in [0, 0.1) is 5.92 Å². The molecule has 1 amide bonds. The molecule has 2 aliphatic rings. The summed E-state index contributed by atoms with van der Waals surface area (Å²) in [7, 11) is 0. The average molecular weight is 257 g/mol. The molecule has 3 atom stereocenters. The minimum Gasteiger partial charge on any atom is -0.374 e. The molecule has 0 aromatic heterocycles. The monoisotopic (exact) mass is 257 g/mol. The summed E-state index contributed by atoms with van der Waals surface area (Å²) in [6, 6.07) is 0.248. The lowest BCUT2D eigenvalue weighted by atomic mass is 9.89. The van der Waals surface area contributed by atoms with Crippen molar-refractivity contribution >= 4 is 23.2 Å². The zero-order chi connectivity index (χ0) is 12.4. The van der Waals surface area contributed by atoms with Crippen LogP contribution in [0.1, 0.15) is 33.1 Å². The summed E-state index contributed by atoms with van der Waals surface area (Å²) in [4.78, 5) is 11.9. The minimum atomic E-state index is -0.0249. The topological polar surface area (TPSA) is 62.4 Å². The van der Waals surface area contributed by atoms with Crippen LogP contribution in [0.25, 0.3) is 0 Å². The van der Waals surface area contributed by atoms with Crippen molar-refractivity contribution in [1.82, 2.24) is 16.2 Å². The fourth-order valence-electron chi connectivity index (χ4n) is 2.42. The predicted octanol–water partition coefficient (Wildman–Crippen LogP) is 0.458. The van der Waals surface area contributed by atoms with Gasteiger partial charge in [-0.2, -0.15) is 0 Å². The van der Waals surface area contributed by atoms with Crippen molar-refractivity contribution in [2.45, 2.75) is 51.4 Å². The lowest BCUT2D eigenvalue weighted by Crippen LogP contribution is -2.51. The molecule has 2 rings (SSSR count). The van der Waals surface area contributed by atoms with E-state index in [1.807, 2.05) is 13.8 Å². The van der Waals surface area contributed by atoms with E-state index >= 15 is 0 Å². The maximum Gasteiger partial charge on any atom is 0.244 e. The highest BCUT2D eigenvalue weighted by atomic mass is 32.1. The summed E-state index contributed by atoms with van der Waals surface area (Å²) in [5, 5.41) is 3.44. The Morgan fingerprint density at radius 3 is 2.65 bits per heavy atom. The van der Waals surface area contributed by atoms with Crippen molar-refractivity contribution in [3.8, 4) is 0 Å². The number of fused-ring (bicyclic) bond motifs is 2. The first-order valence-corrected chi connectivity index (χ1v) is 6.49. The fraction of sp³-hybridized carbons (Fsp3) is 0.818. The second-order valence-electron chi connectivity index (χ2n) is 4.96. The van der Waals surface area contributed by atoms with E-state index in [0.29, 0.717) is 5.11 Å². The molecule has 0 aliphatic carbocycles. The SMILES string of the molecule is CC(C)NC(=S)NNC(=O)[C@H]1C[C@H]2CC[C@H]1O2. The van der Waals surface area contributed by atoms with Crippen molar-refractivity contribution in [3.63, 3.8) is 0 Å². The number of carbonyl (C=O) groups is 1. The third-order valence-electron chi connectivity index (χ3n) is 3.16. The Morgan fingerprint density at radius 1 is 1.35 bits per heavy atom. The van der Waals surface area contributed by atoms with Crippen LogP contribution in [0.3, 0.4) is 0 Å². The quantitative estimate of drug-likeness (QED) is 0.495. The number of ether oxygens (including phenoxy) is 1. The predicted molar refractivity (Wildman–Crippen MR) is 68.2 cm³/mol. The van der Waals surface area contributed by atoms with Gasteiger partial charge in [0.05, 0.1) is 18.1 Å². The Hall–Kier alpha value is -0.880. The van der Waals surface area contributed by atoms with Gasteiger partial charge in [-0.05, 0) is 45.3 Å². The van der Waals surface area contributed by atoms with E-state index in [1.54, 1.807) is 0 Å². The van der Waals surface area contributed by atoms with E-state index in [-0.39, 0.29) is 30.1 Å². The van der Waals surface area contributed by atoms with Crippen LogP contribution in [-0.2, 0) is 9.53 Å². The molecule has 0 radical (unpaired) electrons. The first-order chi connectivity index (χ1) is 8.06. The van der Waals surface area contributed by atoms with Gasteiger partial charge in [0.2, 0.25) is 5.91 Å². The molecule has 0 aromatic rings. The number of carbonyl (C=O) groups excluding carboxylic acids is 1. The van der Waals surface area contributed by atoms with Gasteiger partial charge < -0.3 is 10.1 Å². The smallest absolute Gasteiger partial charge is 0.244 e. The Bertz CT molecular complexity index is 322. The Balaban J connectivity index is 1.73. The molecular weight excluding hydrogens is 238 g/mol. The van der Waals surface area contributed by atoms with Gasteiger partial charge in [-0.25, -0.2) is 0 Å². The van der Waals surface area contributed by atoms with E-state index in [1.165, 1.54) is 0 Å². The molecule has 2 saturated heterocycles. The number of amides is 1. The number of hydrazine groups is 1. The zero-order valence-corrected chi connectivity index (χ0v) is 11.0. The van der Waals surface area contributed by atoms with Crippen LogP contribution >= 0.6 is 12.2 Å². The third-order valence-corrected chi connectivity index (χ3v) is 3.38. The molecule has 6 heteroatoms. The molecule has 0 unspecified atom stereocenters. The van der Waals surface area contributed by atoms with Gasteiger partial charge in [0.1, 0.15) is 0 Å². The summed E-state index contributed by atoms with van der Waals surface area (Å²) >= 11 is 5.02. The van der Waals surface area contributed by atoms with E-state index in [2.05, 4.69) is 16.2 Å². The van der Waals surface area contributed by atoms with Gasteiger partial charge >= 0.3 is 0 Å². The van der Waals surface area contributed by atoms with Gasteiger partial charge in [-0.1, -0.05) is 0 Å². The van der Waals surface area contributed by atoms with Crippen LogP contribution in [0.2, 0.25) is 0 Å².